The van der Waals surface area contributed by atoms with E-state index in [2.05, 4.69) is 20.2 Å². The Kier molecular flexibility index (Phi) is 8.65. The summed E-state index contributed by atoms with van der Waals surface area (Å²) in [5, 5.41) is 4.25. The van der Waals surface area contributed by atoms with E-state index in [1.165, 1.54) is 12.4 Å². The largest absolute Gasteiger partial charge is 0.493 e. The molecule has 1 aliphatic rings. The number of hydrogen-bond acceptors (Lipinski definition) is 7. The third kappa shape index (κ3) is 6.90. The Labute approximate surface area is 228 Å². The van der Waals surface area contributed by atoms with E-state index in [0.29, 0.717) is 29.5 Å². The third-order valence-electron chi connectivity index (χ3n) is 6.72. The molecule has 0 radical (unpaired) electrons. The van der Waals surface area contributed by atoms with E-state index in [9.17, 15) is 4.39 Å². The fourth-order valence-corrected chi connectivity index (χ4v) is 4.51. The van der Waals surface area contributed by atoms with Gasteiger partial charge in [0.25, 0.3) is 0 Å². The molecule has 1 aromatic heterocycles. The Morgan fingerprint density at radius 1 is 0.974 bits per heavy atom. The Bertz CT molecular complexity index is 1440. The van der Waals surface area contributed by atoms with Crippen LogP contribution in [0.1, 0.15) is 23.1 Å². The zero-order valence-electron chi connectivity index (χ0n) is 22.3. The molecular formula is C31H33FN4O3. The van der Waals surface area contributed by atoms with Crippen LogP contribution in [0.15, 0.2) is 60.9 Å². The molecule has 1 aliphatic heterocycles. The highest BCUT2D eigenvalue weighted by Crippen LogP contribution is 2.35. The molecule has 0 amide bonds. The number of nitrogens with zero attached hydrogens (tertiary/aromatic N) is 3. The van der Waals surface area contributed by atoms with Crippen LogP contribution in [0.25, 0.3) is 23.1 Å². The van der Waals surface area contributed by atoms with Gasteiger partial charge in [0, 0.05) is 36.8 Å². The van der Waals surface area contributed by atoms with Crippen LogP contribution in [0.2, 0.25) is 0 Å². The van der Waals surface area contributed by atoms with Gasteiger partial charge in [-0.15, -0.1) is 0 Å². The number of morpholine rings is 1. The van der Waals surface area contributed by atoms with E-state index in [4.69, 9.17) is 14.2 Å². The van der Waals surface area contributed by atoms with Crippen molar-refractivity contribution in [3.05, 3.63) is 83.4 Å². The van der Waals surface area contributed by atoms with Gasteiger partial charge < -0.3 is 19.5 Å². The molecular weight excluding hydrogens is 495 g/mol. The highest BCUT2D eigenvalue weighted by Gasteiger charge is 2.13. The summed E-state index contributed by atoms with van der Waals surface area (Å²) in [7, 11) is 1.63. The first-order valence-electron chi connectivity index (χ1n) is 13.2. The number of rotatable bonds is 10. The lowest BCUT2D eigenvalue weighted by molar-refractivity contribution is 0.0357. The SMILES string of the molecule is COc1cc2ncnc(Nc3ccc(/C=C/c4ccc(F)c(C)c4)cc3)c2cc1OCCCN1CCOCC1. The first-order valence-corrected chi connectivity index (χ1v) is 13.2. The summed E-state index contributed by atoms with van der Waals surface area (Å²) >= 11 is 0. The molecule has 1 N–H and O–H groups in total. The number of aryl methyl sites for hydroxylation is 1. The molecule has 0 atom stereocenters. The number of anilines is 2. The fraction of sp³-hybridized carbons (Fsp3) is 0.290. The summed E-state index contributed by atoms with van der Waals surface area (Å²) in [5.41, 5.74) is 4.28. The number of fused-ring (bicyclic) bond motifs is 1. The van der Waals surface area contributed by atoms with E-state index in [0.717, 1.165) is 67.0 Å². The van der Waals surface area contributed by atoms with Crippen LogP contribution in [0.5, 0.6) is 11.5 Å². The number of ether oxygens (including phenoxy) is 3. The summed E-state index contributed by atoms with van der Waals surface area (Å²) in [4.78, 5) is 11.3. The Hall–Kier alpha value is -4.01. The summed E-state index contributed by atoms with van der Waals surface area (Å²) in [6, 6.07) is 16.9. The van der Waals surface area contributed by atoms with Crippen LogP contribution < -0.4 is 14.8 Å². The molecule has 202 valence electrons. The van der Waals surface area contributed by atoms with Crippen molar-refractivity contribution in [2.24, 2.45) is 0 Å². The molecule has 5 rings (SSSR count). The maximum absolute atomic E-state index is 13.5. The predicted octanol–water partition coefficient (Wildman–Crippen LogP) is 6.10. The second kappa shape index (κ2) is 12.7. The van der Waals surface area contributed by atoms with Crippen molar-refractivity contribution in [1.82, 2.24) is 14.9 Å². The second-order valence-electron chi connectivity index (χ2n) is 9.49. The average Bonchev–Trinajstić information content (AvgIpc) is 2.97. The molecule has 3 aromatic carbocycles. The molecule has 1 fully saturated rings. The minimum atomic E-state index is -0.194. The lowest BCUT2D eigenvalue weighted by Crippen LogP contribution is -2.37. The Balaban J connectivity index is 1.27. The maximum Gasteiger partial charge on any atom is 0.162 e. The van der Waals surface area contributed by atoms with Crippen molar-refractivity contribution >= 4 is 34.6 Å². The molecule has 0 bridgehead atoms. The van der Waals surface area contributed by atoms with Crippen LogP contribution in [0.3, 0.4) is 0 Å². The van der Waals surface area contributed by atoms with Crippen LogP contribution in [-0.4, -0.2) is 61.4 Å². The third-order valence-corrected chi connectivity index (χ3v) is 6.72. The van der Waals surface area contributed by atoms with Crippen molar-refractivity contribution in [2.75, 3.05) is 51.9 Å². The van der Waals surface area contributed by atoms with Gasteiger partial charge in [0.05, 0.1) is 32.4 Å². The quantitative estimate of drug-likeness (QED) is 0.197. The van der Waals surface area contributed by atoms with E-state index >= 15 is 0 Å². The Morgan fingerprint density at radius 2 is 1.74 bits per heavy atom. The summed E-state index contributed by atoms with van der Waals surface area (Å²) < 4.78 is 30.7. The van der Waals surface area contributed by atoms with E-state index < -0.39 is 0 Å². The van der Waals surface area contributed by atoms with Crippen LogP contribution >= 0.6 is 0 Å². The van der Waals surface area contributed by atoms with Crippen molar-refractivity contribution in [3.63, 3.8) is 0 Å². The summed E-state index contributed by atoms with van der Waals surface area (Å²) in [6.07, 6.45) is 6.43. The van der Waals surface area contributed by atoms with Gasteiger partial charge in [0.1, 0.15) is 18.0 Å². The molecule has 39 heavy (non-hydrogen) atoms. The topological polar surface area (TPSA) is 68.7 Å². The van der Waals surface area contributed by atoms with Gasteiger partial charge in [-0.05, 0) is 60.4 Å². The number of benzene rings is 3. The molecule has 0 unspecified atom stereocenters. The van der Waals surface area contributed by atoms with Gasteiger partial charge in [-0.25, -0.2) is 14.4 Å². The zero-order valence-corrected chi connectivity index (χ0v) is 22.3. The second-order valence-corrected chi connectivity index (χ2v) is 9.49. The van der Waals surface area contributed by atoms with Crippen molar-refractivity contribution in [2.45, 2.75) is 13.3 Å². The van der Waals surface area contributed by atoms with Crippen LogP contribution in [0, 0.1) is 12.7 Å². The zero-order chi connectivity index (χ0) is 27.0. The van der Waals surface area contributed by atoms with Crippen LogP contribution in [0.4, 0.5) is 15.9 Å². The molecule has 0 saturated carbocycles. The molecule has 1 saturated heterocycles. The lowest BCUT2D eigenvalue weighted by Gasteiger charge is -2.26. The van der Waals surface area contributed by atoms with Crippen molar-refractivity contribution in [1.29, 1.82) is 0 Å². The highest BCUT2D eigenvalue weighted by molar-refractivity contribution is 5.93. The smallest absolute Gasteiger partial charge is 0.162 e. The number of nitrogens with one attached hydrogen (secondary N) is 1. The van der Waals surface area contributed by atoms with Crippen LogP contribution in [-0.2, 0) is 4.74 Å². The molecule has 4 aromatic rings. The van der Waals surface area contributed by atoms with Gasteiger partial charge in [-0.2, -0.15) is 0 Å². The van der Waals surface area contributed by atoms with Gasteiger partial charge in [0.2, 0.25) is 0 Å². The summed E-state index contributed by atoms with van der Waals surface area (Å²) in [5.74, 6) is 1.80. The fourth-order valence-electron chi connectivity index (χ4n) is 4.51. The number of halogens is 1. The van der Waals surface area contributed by atoms with Crippen molar-refractivity contribution < 1.29 is 18.6 Å². The highest BCUT2D eigenvalue weighted by atomic mass is 19.1. The Morgan fingerprint density at radius 3 is 2.51 bits per heavy atom. The monoisotopic (exact) mass is 528 g/mol. The van der Waals surface area contributed by atoms with E-state index in [1.54, 1.807) is 20.1 Å². The molecule has 0 aliphatic carbocycles. The summed E-state index contributed by atoms with van der Waals surface area (Å²) in [6.45, 7) is 6.86. The van der Waals surface area contributed by atoms with Gasteiger partial charge in [-0.1, -0.05) is 30.4 Å². The number of hydrogen-bond donors (Lipinski definition) is 1. The standard InChI is InChI=1S/C31H33FN4O3/c1-22-18-24(8-11-27(22)32)5-4-23-6-9-25(10-7-23)35-31-26-19-30(29(37-2)20-28(26)33-21-34-31)39-15-3-12-36-13-16-38-17-14-36/h4-11,18-21H,3,12-17H2,1-2H3,(H,33,34,35)/b5-4+. The average molecular weight is 529 g/mol. The first-order chi connectivity index (χ1) is 19.1. The van der Waals surface area contributed by atoms with Gasteiger partial charge >= 0.3 is 0 Å². The molecule has 2 heterocycles. The van der Waals surface area contributed by atoms with E-state index in [1.807, 2.05) is 54.6 Å². The number of methoxy groups -OCH3 is 1. The lowest BCUT2D eigenvalue weighted by atomic mass is 10.1. The normalized spacial score (nSPS) is 14.1. The van der Waals surface area contributed by atoms with Gasteiger partial charge in [-0.3, -0.25) is 4.90 Å². The predicted molar refractivity (Wildman–Crippen MR) is 153 cm³/mol. The molecule has 0 spiro atoms. The maximum atomic E-state index is 13.5. The molecule has 8 heteroatoms. The minimum Gasteiger partial charge on any atom is -0.493 e. The molecule has 7 nitrogen and oxygen atoms in total. The van der Waals surface area contributed by atoms with Crippen molar-refractivity contribution in [3.8, 4) is 11.5 Å². The van der Waals surface area contributed by atoms with Gasteiger partial charge in [0.15, 0.2) is 11.5 Å². The first kappa shape index (κ1) is 26.6. The van der Waals surface area contributed by atoms with E-state index in [-0.39, 0.29) is 5.82 Å². The number of aromatic nitrogens is 2. The minimum absolute atomic E-state index is 0.194.